The van der Waals surface area contributed by atoms with E-state index in [0.717, 1.165) is 12.2 Å². The first-order valence-electron chi connectivity index (χ1n) is 9.89. The molecule has 0 saturated heterocycles. The lowest BCUT2D eigenvalue weighted by atomic mass is 9.82. The Bertz CT molecular complexity index is 1020. The third-order valence-corrected chi connectivity index (χ3v) is 4.73. The number of rotatable bonds is 10. The molecule has 8 nitrogen and oxygen atoms in total. The van der Waals surface area contributed by atoms with Crippen LogP contribution in [0.15, 0.2) is 61.7 Å². The molecule has 2 aromatic rings. The molecule has 0 heterocycles. The Hall–Kier alpha value is -4.20. The van der Waals surface area contributed by atoms with Crippen LogP contribution in [0.1, 0.15) is 31.8 Å². The van der Waals surface area contributed by atoms with Crippen LogP contribution < -0.4 is 10.6 Å². The first-order valence-corrected chi connectivity index (χ1v) is 9.89. The standard InChI is InChI=1S/C24H22N2O6/c1-3-19(27)31-13-11-25-17-9-5-7-15-21(17)23(29)16-8-6-10-18(22(16)24(15)30)26-12-14-32-20(28)4-2/h3-10,25-26H,1-2,11-14H2. The van der Waals surface area contributed by atoms with E-state index < -0.39 is 11.9 Å². The molecule has 0 atom stereocenters. The van der Waals surface area contributed by atoms with Crippen molar-refractivity contribution in [2.24, 2.45) is 0 Å². The van der Waals surface area contributed by atoms with Crippen LogP contribution in [-0.4, -0.2) is 49.8 Å². The van der Waals surface area contributed by atoms with E-state index in [1.807, 2.05) is 0 Å². The van der Waals surface area contributed by atoms with Crippen molar-refractivity contribution in [3.05, 3.63) is 84.0 Å². The van der Waals surface area contributed by atoms with Crippen LogP contribution in [0.3, 0.4) is 0 Å². The molecule has 2 aromatic carbocycles. The van der Waals surface area contributed by atoms with Crippen LogP contribution in [0.2, 0.25) is 0 Å². The molecule has 0 unspecified atom stereocenters. The molecule has 32 heavy (non-hydrogen) atoms. The summed E-state index contributed by atoms with van der Waals surface area (Å²) in [7, 11) is 0. The Morgan fingerprint density at radius 2 is 1.16 bits per heavy atom. The predicted octanol–water partition coefficient (Wildman–Crippen LogP) is 2.74. The predicted molar refractivity (Wildman–Crippen MR) is 119 cm³/mol. The van der Waals surface area contributed by atoms with Crippen LogP contribution in [-0.2, 0) is 19.1 Å². The van der Waals surface area contributed by atoms with Crippen molar-refractivity contribution < 1.29 is 28.7 Å². The summed E-state index contributed by atoms with van der Waals surface area (Å²) in [5.41, 5.74) is 2.08. The first kappa shape index (κ1) is 22.5. The molecule has 0 spiro atoms. The molecule has 0 saturated carbocycles. The summed E-state index contributed by atoms with van der Waals surface area (Å²) >= 11 is 0. The molecular weight excluding hydrogens is 412 g/mol. The largest absolute Gasteiger partial charge is 0.461 e. The van der Waals surface area contributed by atoms with Crippen LogP contribution in [0.25, 0.3) is 0 Å². The van der Waals surface area contributed by atoms with Gasteiger partial charge in [-0.3, -0.25) is 9.59 Å². The summed E-state index contributed by atoms with van der Waals surface area (Å²) in [6.45, 7) is 7.34. The van der Waals surface area contributed by atoms with Gasteiger partial charge in [-0.25, -0.2) is 9.59 Å². The summed E-state index contributed by atoms with van der Waals surface area (Å²) in [6.07, 6.45) is 2.14. The van der Waals surface area contributed by atoms with Crippen molar-refractivity contribution in [2.75, 3.05) is 36.9 Å². The van der Waals surface area contributed by atoms with E-state index in [4.69, 9.17) is 9.47 Å². The lowest BCUT2D eigenvalue weighted by Gasteiger charge is -2.23. The van der Waals surface area contributed by atoms with Gasteiger partial charge in [-0.15, -0.1) is 0 Å². The molecule has 2 N–H and O–H groups in total. The fourth-order valence-corrected chi connectivity index (χ4v) is 3.33. The number of hydrogen-bond acceptors (Lipinski definition) is 8. The summed E-state index contributed by atoms with van der Waals surface area (Å²) in [4.78, 5) is 48.9. The molecule has 0 fully saturated rings. The van der Waals surface area contributed by atoms with Gasteiger partial charge in [0.1, 0.15) is 13.2 Å². The molecule has 1 aliphatic rings. The smallest absolute Gasteiger partial charge is 0.330 e. The molecule has 0 amide bonds. The van der Waals surface area contributed by atoms with E-state index in [-0.39, 0.29) is 60.1 Å². The SMILES string of the molecule is C=CC(=O)OCCNc1cccc2c1C(=O)c1cccc(NCCOC(=O)C=C)c1C2=O. The number of anilines is 2. The zero-order chi connectivity index (χ0) is 23.1. The minimum Gasteiger partial charge on any atom is -0.461 e. The quantitative estimate of drug-likeness (QED) is 0.285. The second kappa shape index (κ2) is 10.2. The van der Waals surface area contributed by atoms with E-state index in [1.54, 1.807) is 36.4 Å². The van der Waals surface area contributed by atoms with Crippen molar-refractivity contribution >= 4 is 34.9 Å². The third kappa shape index (κ3) is 4.75. The molecule has 8 heteroatoms. The zero-order valence-corrected chi connectivity index (χ0v) is 17.3. The number of hydrogen-bond donors (Lipinski definition) is 2. The highest BCUT2D eigenvalue weighted by atomic mass is 16.5. The highest BCUT2D eigenvalue weighted by Crippen LogP contribution is 2.35. The van der Waals surface area contributed by atoms with Crippen molar-refractivity contribution in [3.63, 3.8) is 0 Å². The van der Waals surface area contributed by atoms with Crippen molar-refractivity contribution in [3.8, 4) is 0 Å². The normalized spacial score (nSPS) is 11.6. The fraction of sp³-hybridized carbons (Fsp3) is 0.167. The molecule has 0 aliphatic heterocycles. The average Bonchev–Trinajstić information content (AvgIpc) is 2.82. The lowest BCUT2D eigenvalue weighted by molar-refractivity contribution is -0.138. The second-order valence-corrected chi connectivity index (χ2v) is 6.71. The molecule has 3 rings (SSSR count). The molecule has 0 aromatic heterocycles. The van der Waals surface area contributed by atoms with Gasteiger partial charge in [0.15, 0.2) is 11.6 Å². The van der Waals surface area contributed by atoms with Gasteiger partial charge in [-0.1, -0.05) is 37.4 Å². The third-order valence-electron chi connectivity index (χ3n) is 4.73. The number of carbonyl (C=O) groups excluding carboxylic acids is 4. The summed E-state index contributed by atoms with van der Waals surface area (Å²) in [6, 6.07) is 9.95. The number of ketones is 2. The maximum Gasteiger partial charge on any atom is 0.330 e. The Labute approximate surface area is 184 Å². The number of carbonyl (C=O) groups is 4. The van der Waals surface area contributed by atoms with E-state index >= 15 is 0 Å². The van der Waals surface area contributed by atoms with Crippen molar-refractivity contribution in [1.82, 2.24) is 0 Å². The van der Waals surface area contributed by atoms with E-state index in [1.165, 1.54) is 0 Å². The zero-order valence-electron chi connectivity index (χ0n) is 17.3. The maximum absolute atomic E-state index is 13.3. The Morgan fingerprint density at radius 1 is 0.750 bits per heavy atom. The second-order valence-electron chi connectivity index (χ2n) is 6.71. The minimum atomic E-state index is -0.540. The van der Waals surface area contributed by atoms with Gasteiger partial charge in [-0.05, 0) is 12.1 Å². The molecule has 0 bridgehead atoms. The highest BCUT2D eigenvalue weighted by Gasteiger charge is 2.33. The van der Waals surface area contributed by atoms with Gasteiger partial charge in [0.25, 0.3) is 0 Å². The summed E-state index contributed by atoms with van der Waals surface area (Å²) < 4.78 is 9.86. The maximum atomic E-state index is 13.3. The summed E-state index contributed by atoms with van der Waals surface area (Å²) in [5.74, 6) is -1.66. The van der Waals surface area contributed by atoms with Crippen LogP contribution in [0.5, 0.6) is 0 Å². The van der Waals surface area contributed by atoms with Gasteiger partial charge in [0.05, 0.1) is 11.1 Å². The van der Waals surface area contributed by atoms with Crippen molar-refractivity contribution in [2.45, 2.75) is 0 Å². The number of esters is 2. The molecular formula is C24H22N2O6. The van der Waals surface area contributed by atoms with Crippen LogP contribution in [0, 0.1) is 0 Å². The lowest BCUT2D eigenvalue weighted by Crippen LogP contribution is -2.25. The Morgan fingerprint density at radius 3 is 1.53 bits per heavy atom. The van der Waals surface area contributed by atoms with Gasteiger partial charge >= 0.3 is 11.9 Å². The number of benzene rings is 2. The average molecular weight is 434 g/mol. The highest BCUT2D eigenvalue weighted by molar-refractivity contribution is 6.31. The molecule has 164 valence electrons. The Balaban J connectivity index is 1.80. The van der Waals surface area contributed by atoms with Gasteiger partial charge in [-0.2, -0.15) is 0 Å². The molecule has 1 aliphatic carbocycles. The first-order chi connectivity index (χ1) is 15.5. The monoisotopic (exact) mass is 434 g/mol. The number of ether oxygens (including phenoxy) is 2. The number of fused-ring (bicyclic) bond motifs is 2. The molecule has 0 radical (unpaired) electrons. The fourth-order valence-electron chi connectivity index (χ4n) is 3.33. The Kier molecular flexibility index (Phi) is 7.17. The minimum absolute atomic E-state index is 0.0811. The van der Waals surface area contributed by atoms with E-state index in [0.29, 0.717) is 11.4 Å². The van der Waals surface area contributed by atoms with Crippen LogP contribution in [0.4, 0.5) is 11.4 Å². The van der Waals surface area contributed by atoms with Gasteiger partial charge in [0, 0.05) is 47.7 Å². The number of nitrogens with one attached hydrogen (secondary N) is 2. The van der Waals surface area contributed by atoms with Crippen LogP contribution >= 0.6 is 0 Å². The van der Waals surface area contributed by atoms with Gasteiger partial charge < -0.3 is 20.1 Å². The van der Waals surface area contributed by atoms with Gasteiger partial charge in [0.2, 0.25) is 0 Å². The van der Waals surface area contributed by atoms with Crippen molar-refractivity contribution in [1.29, 1.82) is 0 Å². The summed E-state index contributed by atoms with van der Waals surface area (Å²) in [5, 5.41) is 6.10. The van der Waals surface area contributed by atoms with E-state index in [2.05, 4.69) is 23.8 Å². The van der Waals surface area contributed by atoms with E-state index in [9.17, 15) is 19.2 Å². The topological polar surface area (TPSA) is 111 Å².